The average molecular weight is 212 g/mol. The van der Waals surface area contributed by atoms with Crippen molar-refractivity contribution >= 4 is 5.57 Å². The number of hydrogen-bond acceptors (Lipinski definition) is 0. The molecule has 0 N–H and O–H groups in total. The van der Waals surface area contributed by atoms with Crippen molar-refractivity contribution in [1.29, 1.82) is 0 Å². The highest BCUT2D eigenvalue weighted by Crippen LogP contribution is 2.22. The van der Waals surface area contributed by atoms with Crippen LogP contribution in [0.3, 0.4) is 0 Å². The van der Waals surface area contributed by atoms with Gasteiger partial charge in [0, 0.05) is 0 Å². The molecular formula is C16H20. The summed E-state index contributed by atoms with van der Waals surface area (Å²) in [5.41, 5.74) is 5.33. The highest BCUT2D eigenvalue weighted by Gasteiger charge is 2.00. The molecule has 0 aliphatic heterocycles. The smallest absolute Gasteiger partial charge is 0.0169 e. The summed E-state index contributed by atoms with van der Waals surface area (Å²) in [6.07, 6.45) is 7.15. The normalized spacial score (nSPS) is 12.7. The van der Waals surface area contributed by atoms with Crippen LogP contribution in [-0.2, 0) is 0 Å². The Morgan fingerprint density at radius 2 is 1.94 bits per heavy atom. The SMILES string of the molecule is C=CC/C=C\C(C)=C(/C)c1ccccc1C. The maximum Gasteiger partial charge on any atom is -0.0169 e. The van der Waals surface area contributed by atoms with Gasteiger partial charge in [-0.15, -0.1) is 6.58 Å². The molecule has 0 bridgehead atoms. The molecule has 0 radical (unpaired) electrons. The average Bonchev–Trinajstić information content (AvgIpc) is 2.29. The van der Waals surface area contributed by atoms with Gasteiger partial charge in [0.05, 0.1) is 0 Å². The number of hydrogen-bond donors (Lipinski definition) is 0. The Balaban J connectivity index is 2.99. The van der Waals surface area contributed by atoms with E-state index in [1.165, 1.54) is 22.3 Å². The molecule has 1 aromatic rings. The van der Waals surface area contributed by atoms with Gasteiger partial charge in [-0.1, -0.05) is 42.5 Å². The Labute approximate surface area is 99.0 Å². The second kappa shape index (κ2) is 6.12. The van der Waals surface area contributed by atoms with Crippen LogP contribution in [0.2, 0.25) is 0 Å². The van der Waals surface area contributed by atoms with Gasteiger partial charge in [-0.2, -0.15) is 0 Å². The van der Waals surface area contributed by atoms with Gasteiger partial charge >= 0.3 is 0 Å². The Morgan fingerprint density at radius 1 is 1.25 bits per heavy atom. The molecule has 0 spiro atoms. The molecule has 0 aliphatic rings. The lowest BCUT2D eigenvalue weighted by molar-refractivity contribution is 1.35. The largest absolute Gasteiger partial charge is 0.103 e. The fourth-order valence-electron chi connectivity index (χ4n) is 1.67. The molecule has 0 saturated heterocycles. The monoisotopic (exact) mass is 212 g/mol. The van der Waals surface area contributed by atoms with Crippen molar-refractivity contribution in [3.63, 3.8) is 0 Å². The molecule has 0 heteroatoms. The second-order valence-corrected chi connectivity index (χ2v) is 4.05. The molecular weight excluding hydrogens is 192 g/mol. The lowest BCUT2D eigenvalue weighted by atomic mass is 9.98. The topological polar surface area (TPSA) is 0 Å². The van der Waals surface area contributed by atoms with Crippen LogP contribution in [0.25, 0.3) is 5.57 Å². The Bertz CT molecular complexity index is 419. The lowest BCUT2D eigenvalue weighted by Crippen LogP contribution is -1.87. The third-order valence-corrected chi connectivity index (χ3v) is 2.81. The Kier molecular flexibility index (Phi) is 4.78. The molecule has 0 amide bonds. The molecule has 1 rings (SSSR count). The molecule has 0 aliphatic carbocycles. The zero-order chi connectivity index (χ0) is 12.0. The van der Waals surface area contributed by atoms with Crippen molar-refractivity contribution in [2.24, 2.45) is 0 Å². The predicted molar refractivity (Wildman–Crippen MR) is 73.4 cm³/mol. The van der Waals surface area contributed by atoms with Crippen molar-refractivity contribution in [3.05, 3.63) is 65.8 Å². The van der Waals surface area contributed by atoms with Crippen LogP contribution in [0.5, 0.6) is 0 Å². The van der Waals surface area contributed by atoms with Gasteiger partial charge in [0.25, 0.3) is 0 Å². The van der Waals surface area contributed by atoms with E-state index in [1.54, 1.807) is 0 Å². The molecule has 0 saturated carbocycles. The third-order valence-electron chi connectivity index (χ3n) is 2.81. The molecule has 0 heterocycles. The van der Waals surface area contributed by atoms with E-state index in [0.717, 1.165) is 6.42 Å². The fourth-order valence-corrected chi connectivity index (χ4v) is 1.67. The van der Waals surface area contributed by atoms with Crippen LogP contribution in [0.4, 0.5) is 0 Å². The van der Waals surface area contributed by atoms with E-state index < -0.39 is 0 Å². The quantitative estimate of drug-likeness (QED) is 0.491. The van der Waals surface area contributed by atoms with Gasteiger partial charge in [0.2, 0.25) is 0 Å². The molecule has 1 aromatic carbocycles. The molecule has 0 unspecified atom stereocenters. The van der Waals surface area contributed by atoms with Crippen LogP contribution < -0.4 is 0 Å². The Hall–Kier alpha value is -1.56. The van der Waals surface area contributed by atoms with Crippen LogP contribution in [0.15, 0.2) is 54.6 Å². The van der Waals surface area contributed by atoms with Crippen molar-refractivity contribution < 1.29 is 0 Å². The molecule has 0 nitrogen and oxygen atoms in total. The Morgan fingerprint density at radius 3 is 2.56 bits per heavy atom. The van der Waals surface area contributed by atoms with E-state index in [4.69, 9.17) is 0 Å². The molecule has 0 atom stereocenters. The van der Waals surface area contributed by atoms with Crippen LogP contribution >= 0.6 is 0 Å². The van der Waals surface area contributed by atoms with Gasteiger partial charge < -0.3 is 0 Å². The summed E-state index contributed by atoms with van der Waals surface area (Å²) in [7, 11) is 0. The van der Waals surface area contributed by atoms with Crippen molar-refractivity contribution in [2.75, 3.05) is 0 Å². The lowest BCUT2D eigenvalue weighted by Gasteiger charge is -2.08. The van der Waals surface area contributed by atoms with E-state index in [9.17, 15) is 0 Å². The predicted octanol–water partition coefficient (Wildman–Crippen LogP) is 4.92. The maximum atomic E-state index is 3.71. The molecule has 84 valence electrons. The number of allylic oxidation sites excluding steroid dienone is 5. The summed E-state index contributed by atoms with van der Waals surface area (Å²) in [5, 5.41) is 0. The third kappa shape index (κ3) is 3.23. The minimum atomic E-state index is 0.929. The van der Waals surface area contributed by atoms with Crippen molar-refractivity contribution in [2.45, 2.75) is 27.2 Å². The van der Waals surface area contributed by atoms with E-state index >= 15 is 0 Å². The first-order chi connectivity index (χ1) is 7.66. The van der Waals surface area contributed by atoms with Crippen LogP contribution in [-0.4, -0.2) is 0 Å². The van der Waals surface area contributed by atoms with Gasteiger partial charge in [-0.05, 0) is 49.5 Å². The number of benzene rings is 1. The fraction of sp³-hybridized carbons (Fsp3) is 0.250. The molecule has 0 aromatic heterocycles. The number of rotatable bonds is 4. The summed E-state index contributed by atoms with van der Waals surface area (Å²) < 4.78 is 0. The first-order valence-electron chi connectivity index (χ1n) is 5.67. The zero-order valence-electron chi connectivity index (χ0n) is 10.5. The first kappa shape index (κ1) is 12.5. The van der Waals surface area contributed by atoms with Crippen molar-refractivity contribution in [3.8, 4) is 0 Å². The summed E-state index contributed by atoms with van der Waals surface area (Å²) in [4.78, 5) is 0. The minimum Gasteiger partial charge on any atom is -0.103 e. The standard InChI is InChI=1S/C16H20/c1-5-6-7-10-13(2)15(4)16-12-9-8-11-14(16)3/h5,7-12H,1,6H2,2-4H3/b10-7-,15-13+. The van der Waals surface area contributed by atoms with Crippen LogP contribution in [0, 0.1) is 6.92 Å². The van der Waals surface area contributed by atoms with Gasteiger partial charge in [-0.25, -0.2) is 0 Å². The molecule has 0 fully saturated rings. The van der Waals surface area contributed by atoms with Crippen molar-refractivity contribution in [1.82, 2.24) is 0 Å². The van der Waals surface area contributed by atoms with E-state index in [0.29, 0.717) is 0 Å². The van der Waals surface area contributed by atoms with Gasteiger partial charge in [-0.3, -0.25) is 0 Å². The summed E-state index contributed by atoms with van der Waals surface area (Å²) in [6, 6.07) is 8.50. The summed E-state index contributed by atoms with van der Waals surface area (Å²) in [5.74, 6) is 0. The van der Waals surface area contributed by atoms with Crippen LogP contribution in [0.1, 0.15) is 31.4 Å². The summed E-state index contributed by atoms with van der Waals surface area (Å²) in [6.45, 7) is 10.2. The maximum absolute atomic E-state index is 3.71. The summed E-state index contributed by atoms with van der Waals surface area (Å²) >= 11 is 0. The van der Waals surface area contributed by atoms with Gasteiger partial charge in [0.1, 0.15) is 0 Å². The van der Waals surface area contributed by atoms with Gasteiger partial charge in [0.15, 0.2) is 0 Å². The minimum absolute atomic E-state index is 0.929. The highest BCUT2D eigenvalue weighted by molar-refractivity contribution is 5.70. The zero-order valence-corrected chi connectivity index (χ0v) is 10.5. The van der Waals surface area contributed by atoms with E-state index in [-0.39, 0.29) is 0 Å². The number of aryl methyl sites for hydroxylation is 1. The first-order valence-corrected chi connectivity index (χ1v) is 5.67. The molecule has 16 heavy (non-hydrogen) atoms. The van der Waals surface area contributed by atoms with E-state index in [2.05, 4.69) is 63.8 Å². The second-order valence-electron chi connectivity index (χ2n) is 4.05. The highest BCUT2D eigenvalue weighted by atomic mass is 14.1. The van der Waals surface area contributed by atoms with E-state index in [1.807, 2.05) is 6.08 Å².